The number of hydrogen-bond acceptors (Lipinski definition) is 4. The van der Waals surface area contributed by atoms with E-state index in [2.05, 4.69) is 17.4 Å². The van der Waals surface area contributed by atoms with Gasteiger partial charge in [0.2, 0.25) is 0 Å². The Balaban J connectivity index is 1.97. The number of rotatable bonds is 6. The first-order valence-corrected chi connectivity index (χ1v) is 9.32. The SMILES string of the molecule is CNCCC(Oc1ccc2occ(C(C)(C)C)c(=O)c2c1)c1ccccc1. The molecule has 142 valence electrons. The monoisotopic (exact) mass is 365 g/mol. The molecule has 4 heteroatoms. The number of ether oxygens (including phenoxy) is 1. The third-order valence-electron chi connectivity index (χ3n) is 4.66. The van der Waals surface area contributed by atoms with Gasteiger partial charge in [-0.1, -0.05) is 51.1 Å². The minimum atomic E-state index is -0.273. The van der Waals surface area contributed by atoms with Crippen molar-refractivity contribution < 1.29 is 9.15 Å². The highest BCUT2D eigenvalue weighted by atomic mass is 16.5. The first-order valence-electron chi connectivity index (χ1n) is 9.32. The van der Waals surface area contributed by atoms with E-state index in [0.29, 0.717) is 22.3 Å². The molecule has 1 aromatic heterocycles. The molecule has 0 aliphatic rings. The fourth-order valence-electron chi connectivity index (χ4n) is 3.10. The van der Waals surface area contributed by atoms with E-state index in [1.807, 2.05) is 52.1 Å². The Morgan fingerprint density at radius 1 is 1.11 bits per heavy atom. The Bertz CT molecular complexity index is 955. The zero-order valence-corrected chi connectivity index (χ0v) is 16.4. The molecule has 0 bridgehead atoms. The third kappa shape index (κ3) is 4.40. The molecule has 1 atom stereocenters. The quantitative estimate of drug-likeness (QED) is 0.680. The van der Waals surface area contributed by atoms with Gasteiger partial charge in [0.25, 0.3) is 0 Å². The van der Waals surface area contributed by atoms with Crippen molar-refractivity contribution in [2.45, 2.75) is 38.7 Å². The number of nitrogens with one attached hydrogen (secondary N) is 1. The topological polar surface area (TPSA) is 51.5 Å². The predicted octanol–water partition coefficient (Wildman–Crippen LogP) is 4.82. The summed E-state index contributed by atoms with van der Waals surface area (Å²) in [5, 5.41) is 3.73. The van der Waals surface area contributed by atoms with E-state index in [1.165, 1.54) is 0 Å². The van der Waals surface area contributed by atoms with Gasteiger partial charge < -0.3 is 14.5 Å². The van der Waals surface area contributed by atoms with Crippen molar-refractivity contribution in [2.75, 3.05) is 13.6 Å². The van der Waals surface area contributed by atoms with Crippen molar-refractivity contribution in [2.24, 2.45) is 0 Å². The number of fused-ring (bicyclic) bond motifs is 1. The van der Waals surface area contributed by atoms with Crippen LogP contribution in [0.3, 0.4) is 0 Å². The minimum absolute atomic E-state index is 0.000635. The van der Waals surface area contributed by atoms with Crippen molar-refractivity contribution in [1.82, 2.24) is 5.32 Å². The molecule has 2 aromatic carbocycles. The molecule has 4 nitrogen and oxygen atoms in total. The molecule has 0 spiro atoms. The molecule has 1 heterocycles. The summed E-state index contributed by atoms with van der Waals surface area (Å²) in [4.78, 5) is 12.9. The summed E-state index contributed by atoms with van der Waals surface area (Å²) in [5.41, 5.74) is 2.09. The predicted molar refractivity (Wildman–Crippen MR) is 110 cm³/mol. The molecule has 0 radical (unpaired) electrons. The van der Waals surface area contributed by atoms with E-state index in [0.717, 1.165) is 18.5 Å². The van der Waals surface area contributed by atoms with Crippen LogP contribution in [0, 0.1) is 0 Å². The Morgan fingerprint density at radius 3 is 2.52 bits per heavy atom. The van der Waals surface area contributed by atoms with Gasteiger partial charge in [0.05, 0.1) is 11.6 Å². The minimum Gasteiger partial charge on any atom is -0.486 e. The van der Waals surface area contributed by atoms with Gasteiger partial charge in [-0.05, 0) is 42.8 Å². The van der Waals surface area contributed by atoms with Crippen molar-refractivity contribution in [3.05, 3.63) is 76.1 Å². The van der Waals surface area contributed by atoms with Crippen LogP contribution >= 0.6 is 0 Å². The first-order chi connectivity index (χ1) is 12.9. The van der Waals surface area contributed by atoms with Gasteiger partial charge in [0.15, 0.2) is 5.43 Å². The summed E-state index contributed by atoms with van der Waals surface area (Å²) in [6, 6.07) is 15.6. The average Bonchev–Trinajstić information content (AvgIpc) is 2.65. The van der Waals surface area contributed by atoms with Crippen molar-refractivity contribution in [1.29, 1.82) is 0 Å². The van der Waals surface area contributed by atoms with Crippen LogP contribution in [-0.4, -0.2) is 13.6 Å². The van der Waals surface area contributed by atoms with E-state index in [-0.39, 0.29) is 16.9 Å². The maximum absolute atomic E-state index is 12.9. The molecule has 0 aliphatic heterocycles. The first kappa shape index (κ1) is 19.2. The molecule has 1 N–H and O–H groups in total. The van der Waals surface area contributed by atoms with Crippen LogP contribution in [-0.2, 0) is 5.41 Å². The third-order valence-corrected chi connectivity index (χ3v) is 4.66. The van der Waals surface area contributed by atoms with Crippen LogP contribution in [0.4, 0.5) is 0 Å². The second-order valence-corrected chi connectivity index (χ2v) is 7.80. The van der Waals surface area contributed by atoms with Gasteiger partial charge in [-0.25, -0.2) is 0 Å². The molecule has 27 heavy (non-hydrogen) atoms. The lowest BCUT2D eigenvalue weighted by Gasteiger charge is -2.20. The zero-order valence-electron chi connectivity index (χ0n) is 16.4. The summed E-state index contributed by atoms with van der Waals surface area (Å²) in [6.45, 7) is 6.86. The molecule has 0 fully saturated rings. The van der Waals surface area contributed by atoms with Gasteiger partial charge >= 0.3 is 0 Å². The summed E-state index contributed by atoms with van der Waals surface area (Å²) in [6.07, 6.45) is 2.31. The van der Waals surface area contributed by atoms with Gasteiger partial charge in [-0.2, -0.15) is 0 Å². The molecule has 3 rings (SSSR count). The Hall–Kier alpha value is -2.59. The molecule has 0 aliphatic carbocycles. The maximum Gasteiger partial charge on any atom is 0.196 e. The Labute approximate surface area is 160 Å². The van der Waals surface area contributed by atoms with Crippen LogP contribution in [0.15, 0.2) is 64.0 Å². The van der Waals surface area contributed by atoms with Crippen molar-refractivity contribution >= 4 is 11.0 Å². The standard InChI is InChI=1S/C23H27NO3/c1-23(2,3)19-15-26-21-11-10-17(14-18(21)22(19)25)27-20(12-13-24-4)16-8-6-5-7-9-16/h5-11,14-15,20,24H,12-13H2,1-4H3. The second kappa shape index (κ2) is 7.97. The highest BCUT2D eigenvalue weighted by Gasteiger charge is 2.21. The second-order valence-electron chi connectivity index (χ2n) is 7.80. The normalized spacial score (nSPS) is 12.9. The van der Waals surface area contributed by atoms with Gasteiger partial charge in [0, 0.05) is 12.0 Å². The fourth-order valence-corrected chi connectivity index (χ4v) is 3.10. The number of benzene rings is 2. The highest BCUT2D eigenvalue weighted by molar-refractivity contribution is 5.78. The Kier molecular flexibility index (Phi) is 5.66. The van der Waals surface area contributed by atoms with Gasteiger partial charge in [-0.3, -0.25) is 4.79 Å². The lowest BCUT2D eigenvalue weighted by molar-refractivity contribution is 0.195. The largest absolute Gasteiger partial charge is 0.486 e. The molecular weight excluding hydrogens is 338 g/mol. The van der Waals surface area contributed by atoms with E-state index in [9.17, 15) is 4.79 Å². The van der Waals surface area contributed by atoms with Crippen LogP contribution < -0.4 is 15.5 Å². The van der Waals surface area contributed by atoms with E-state index >= 15 is 0 Å². The maximum atomic E-state index is 12.9. The van der Waals surface area contributed by atoms with Crippen LogP contribution in [0.5, 0.6) is 5.75 Å². The smallest absolute Gasteiger partial charge is 0.196 e. The summed E-state index contributed by atoms with van der Waals surface area (Å²) in [7, 11) is 1.93. The molecule has 1 unspecified atom stereocenters. The number of hydrogen-bond donors (Lipinski definition) is 1. The van der Waals surface area contributed by atoms with E-state index in [1.54, 1.807) is 18.4 Å². The zero-order chi connectivity index (χ0) is 19.4. The highest BCUT2D eigenvalue weighted by Crippen LogP contribution is 2.28. The van der Waals surface area contributed by atoms with E-state index < -0.39 is 0 Å². The van der Waals surface area contributed by atoms with Gasteiger partial charge in [-0.15, -0.1) is 0 Å². The van der Waals surface area contributed by atoms with Crippen molar-refractivity contribution in [3.8, 4) is 5.75 Å². The summed E-state index contributed by atoms with van der Waals surface area (Å²) < 4.78 is 12.0. The lowest BCUT2D eigenvalue weighted by atomic mass is 9.87. The summed E-state index contributed by atoms with van der Waals surface area (Å²) in [5.74, 6) is 0.672. The average molecular weight is 365 g/mol. The van der Waals surface area contributed by atoms with E-state index in [4.69, 9.17) is 9.15 Å². The molecule has 0 saturated heterocycles. The van der Waals surface area contributed by atoms with Gasteiger partial charge in [0.1, 0.15) is 17.4 Å². The molecule has 3 aromatic rings. The molecule has 0 saturated carbocycles. The van der Waals surface area contributed by atoms with Crippen molar-refractivity contribution in [3.63, 3.8) is 0 Å². The lowest BCUT2D eigenvalue weighted by Crippen LogP contribution is -2.22. The molecule has 0 amide bonds. The summed E-state index contributed by atoms with van der Waals surface area (Å²) >= 11 is 0. The Morgan fingerprint density at radius 2 is 1.85 bits per heavy atom. The van der Waals surface area contributed by atoms with Crippen LogP contribution in [0.1, 0.15) is 44.4 Å². The molecular formula is C23H27NO3. The van der Waals surface area contributed by atoms with Crippen LogP contribution in [0.2, 0.25) is 0 Å². The van der Waals surface area contributed by atoms with Crippen LogP contribution in [0.25, 0.3) is 11.0 Å². The fraction of sp³-hybridized carbons (Fsp3) is 0.348.